The summed E-state index contributed by atoms with van der Waals surface area (Å²) < 4.78 is 12.9. The van der Waals surface area contributed by atoms with E-state index in [0.717, 1.165) is 5.56 Å². The molecular formula is C22H20FN3O2. The number of benzene rings is 3. The maximum absolute atomic E-state index is 12.9. The Hall–Kier alpha value is -3.67. The highest BCUT2D eigenvalue weighted by atomic mass is 19.1. The Kier molecular flexibility index (Phi) is 6.36. The van der Waals surface area contributed by atoms with E-state index in [4.69, 9.17) is 0 Å². The van der Waals surface area contributed by atoms with E-state index >= 15 is 0 Å². The maximum Gasteiger partial charge on any atom is 0.319 e. The zero-order valence-corrected chi connectivity index (χ0v) is 15.1. The molecule has 0 aromatic heterocycles. The number of hydrogen-bond donors (Lipinski definition) is 3. The van der Waals surface area contributed by atoms with Gasteiger partial charge in [-0.3, -0.25) is 4.79 Å². The number of amides is 3. The van der Waals surface area contributed by atoms with E-state index in [-0.39, 0.29) is 17.8 Å². The van der Waals surface area contributed by atoms with Crippen LogP contribution in [-0.4, -0.2) is 18.5 Å². The summed E-state index contributed by atoms with van der Waals surface area (Å²) in [6, 6.07) is 21.6. The molecule has 0 unspecified atom stereocenters. The van der Waals surface area contributed by atoms with Gasteiger partial charge in [0.25, 0.3) is 5.91 Å². The predicted octanol–water partition coefficient (Wildman–Crippen LogP) is 4.44. The number of carbonyl (C=O) groups excluding carboxylic acids is 2. The van der Waals surface area contributed by atoms with Crippen LogP contribution in [0.1, 0.15) is 15.9 Å². The predicted molar refractivity (Wildman–Crippen MR) is 108 cm³/mol. The highest BCUT2D eigenvalue weighted by Gasteiger charge is 2.07. The van der Waals surface area contributed by atoms with Crippen LogP contribution in [0.5, 0.6) is 0 Å². The Morgan fingerprint density at radius 3 is 2.18 bits per heavy atom. The van der Waals surface area contributed by atoms with Crippen LogP contribution in [0.3, 0.4) is 0 Å². The van der Waals surface area contributed by atoms with Crippen molar-refractivity contribution in [3.63, 3.8) is 0 Å². The fourth-order valence-corrected chi connectivity index (χ4v) is 2.61. The maximum atomic E-state index is 12.9. The van der Waals surface area contributed by atoms with Gasteiger partial charge in [0.15, 0.2) is 0 Å². The minimum absolute atomic E-state index is 0.221. The molecule has 0 saturated heterocycles. The van der Waals surface area contributed by atoms with E-state index in [0.29, 0.717) is 29.9 Å². The van der Waals surface area contributed by atoms with E-state index in [2.05, 4.69) is 16.0 Å². The molecule has 0 aliphatic heterocycles. The second-order valence-electron chi connectivity index (χ2n) is 6.16. The molecule has 0 aliphatic carbocycles. The molecule has 3 N–H and O–H groups in total. The smallest absolute Gasteiger partial charge is 0.319 e. The minimum atomic E-state index is -0.353. The van der Waals surface area contributed by atoms with Crippen LogP contribution in [0.25, 0.3) is 0 Å². The standard InChI is InChI=1S/C22H20FN3O2/c23-18-11-9-16(10-12-18)13-14-24-22(28)26-20-8-4-7-19(15-20)25-21(27)17-5-2-1-3-6-17/h1-12,15H,13-14H2,(H,25,27)(H2,24,26,28). The quantitative estimate of drug-likeness (QED) is 0.594. The van der Waals surface area contributed by atoms with Crippen LogP contribution < -0.4 is 16.0 Å². The number of hydrogen-bond acceptors (Lipinski definition) is 2. The summed E-state index contributed by atoms with van der Waals surface area (Å²) >= 11 is 0. The molecule has 6 heteroatoms. The van der Waals surface area contributed by atoms with E-state index in [1.807, 2.05) is 6.07 Å². The van der Waals surface area contributed by atoms with Gasteiger partial charge in [-0.25, -0.2) is 9.18 Å². The average Bonchev–Trinajstić information content (AvgIpc) is 2.70. The second kappa shape index (κ2) is 9.32. The van der Waals surface area contributed by atoms with Crippen molar-refractivity contribution in [1.82, 2.24) is 5.32 Å². The number of rotatable bonds is 6. The summed E-state index contributed by atoms with van der Waals surface area (Å²) in [6.45, 7) is 0.419. The second-order valence-corrected chi connectivity index (χ2v) is 6.16. The van der Waals surface area contributed by atoms with Crippen LogP contribution in [0, 0.1) is 5.82 Å². The Morgan fingerprint density at radius 2 is 1.46 bits per heavy atom. The van der Waals surface area contributed by atoms with Gasteiger partial charge < -0.3 is 16.0 Å². The number of carbonyl (C=O) groups is 2. The molecule has 0 heterocycles. The number of nitrogens with one attached hydrogen (secondary N) is 3. The van der Waals surface area contributed by atoms with Crippen LogP contribution in [0.15, 0.2) is 78.9 Å². The summed E-state index contributed by atoms with van der Waals surface area (Å²) in [6.07, 6.45) is 0.598. The van der Waals surface area contributed by atoms with Crippen LogP contribution in [0.2, 0.25) is 0 Å². The van der Waals surface area contributed by atoms with Crippen molar-refractivity contribution in [2.45, 2.75) is 6.42 Å². The summed E-state index contributed by atoms with van der Waals surface area (Å²) in [5.74, 6) is -0.504. The largest absolute Gasteiger partial charge is 0.338 e. The number of urea groups is 1. The third kappa shape index (κ3) is 5.67. The van der Waals surface area contributed by atoms with Crippen molar-refractivity contribution < 1.29 is 14.0 Å². The summed E-state index contributed by atoms with van der Waals surface area (Å²) in [5, 5.41) is 8.28. The molecule has 0 fully saturated rings. The first kappa shape index (κ1) is 19.1. The molecule has 3 aromatic carbocycles. The van der Waals surface area contributed by atoms with Gasteiger partial charge in [0.05, 0.1) is 0 Å². The molecule has 5 nitrogen and oxygen atoms in total. The summed E-state index contributed by atoms with van der Waals surface area (Å²) in [7, 11) is 0. The Bertz CT molecular complexity index is 944. The van der Waals surface area contributed by atoms with E-state index < -0.39 is 0 Å². The third-order valence-corrected chi connectivity index (χ3v) is 4.03. The fraction of sp³-hybridized carbons (Fsp3) is 0.0909. The molecule has 0 saturated carbocycles. The van der Waals surface area contributed by atoms with Crippen molar-refractivity contribution in [2.75, 3.05) is 17.2 Å². The molecule has 142 valence electrons. The van der Waals surface area contributed by atoms with Crippen molar-refractivity contribution >= 4 is 23.3 Å². The molecule has 3 amide bonds. The van der Waals surface area contributed by atoms with E-state index in [9.17, 15) is 14.0 Å². The van der Waals surface area contributed by atoms with Gasteiger partial charge in [-0.1, -0.05) is 36.4 Å². The van der Waals surface area contributed by atoms with Gasteiger partial charge in [0.2, 0.25) is 0 Å². The molecule has 3 rings (SSSR count). The monoisotopic (exact) mass is 377 g/mol. The first-order valence-electron chi connectivity index (χ1n) is 8.86. The van der Waals surface area contributed by atoms with Crippen LogP contribution in [0.4, 0.5) is 20.6 Å². The fourth-order valence-electron chi connectivity index (χ4n) is 2.61. The summed E-state index contributed by atoms with van der Waals surface area (Å²) in [4.78, 5) is 24.3. The van der Waals surface area contributed by atoms with E-state index in [1.54, 1.807) is 60.7 Å². The van der Waals surface area contributed by atoms with Gasteiger partial charge >= 0.3 is 6.03 Å². The van der Waals surface area contributed by atoms with Crippen LogP contribution >= 0.6 is 0 Å². The van der Waals surface area contributed by atoms with Crippen molar-refractivity contribution in [1.29, 1.82) is 0 Å². The molecule has 0 atom stereocenters. The number of anilines is 2. The molecular weight excluding hydrogens is 357 g/mol. The summed E-state index contributed by atoms with van der Waals surface area (Å²) in [5.41, 5.74) is 2.63. The van der Waals surface area contributed by atoms with Gasteiger partial charge in [-0.2, -0.15) is 0 Å². The molecule has 3 aromatic rings. The molecule has 0 radical (unpaired) electrons. The topological polar surface area (TPSA) is 70.2 Å². The van der Waals surface area contributed by atoms with Gasteiger partial charge in [0.1, 0.15) is 5.82 Å². The van der Waals surface area contributed by atoms with Gasteiger partial charge in [-0.15, -0.1) is 0 Å². The molecule has 0 spiro atoms. The van der Waals surface area contributed by atoms with Crippen molar-refractivity contribution in [3.8, 4) is 0 Å². The van der Waals surface area contributed by atoms with Gasteiger partial charge in [0, 0.05) is 23.5 Å². The number of halogens is 1. The lowest BCUT2D eigenvalue weighted by Gasteiger charge is -2.10. The van der Waals surface area contributed by atoms with Crippen molar-refractivity contribution in [3.05, 3.63) is 95.8 Å². The third-order valence-electron chi connectivity index (χ3n) is 4.03. The SMILES string of the molecule is O=C(NCCc1ccc(F)cc1)Nc1cccc(NC(=O)c2ccccc2)c1. The Labute approximate surface area is 162 Å². The first-order chi connectivity index (χ1) is 13.6. The molecule has 28 heavy (non-hydrogen) atoms. The lowest BCUT2D eigenvalue weighted by atomic mass is 10.1. The highest BCUT2D eigenvalue weighted by molar-refractivity contribution is 6.04. The van der Waals surface area contributed by atoms with E-state index in [1.165, 1.54) is 12.1 Å². The Morgan fingerprint density at radius 1 is 0.786 bits per heavy atom. The Balaban J connectivity index is 1.50. The first-order valence-corrected chi connectivity index (χ1v) is 8.86. The molecule has 0 bridgehead atoms. The zero-order chi connectivity index (χ0) is 19.8. The van der Waals surface area contributed by atoms with Gasteiger partial charge in [-0.05, 0) is 54.4 Å². The normalized spacial score (nSPS) is 10.2. The van der Waals surface area contributed by atoms with Crippen LogP contribution in [-0.2, 0) is 6.42 Å². The minimum Gasteiger partial charge on any atom is -0.338 e. The van der Waals surface area contributed by atoms with Crippen molar-refractivity contribution in [2.24, 2.45) is 0 Å². The molecule has 0 aliphatic rings. The lowest BCUT2D eigenvalue weighted by Crippen LogP contribution is -2.30. The highest BCUT2D eigenvalue weighted by Crippen LogP contribution is 2.16. The average molecular weight is 377 g/mol. The zero-order valence-electron chi connectivity index (χ0n) is 15.1. The lowest BCUT2D eigenvalue weighted by molar-refractivity contribution is 0.102.